The Bertz CT molecular complexity index is 685. The number of sulfonamides is 1. The topological polar surface area (TPSA) is 130 Å². The molecule has 0 aliphatic heterocycles. The summed E-state index contributed by atoms with van der Waals surface area (Å²) < 4.78 is 26.8. The maximum Gasteiger partial charge on any atom is 0.312 e. The van der Waals surface area contributed by atoms with Crippen LogP contribution in [0.2, 0.25) is 0 Å². The lowest BCUT2D eigenvalue weighted by atomic mass is 10.2. The van der Waals surface area contributed by atoms with Gasteiger partial charge in [0.25, 0.3) is 0 Å². The van der Waals surface area contributed by atoms with Gasteiger partial charge in [-0.15, -0.1) is 0 Å². The van der Waals surface area contributed by atoms with E-state index in [-0.39, 0.29) is 10.9 Å². The predicted octanol–water partition coefficient (Wildman–Crippen LogP) is 0.123. The van der Waals surface area contributed by atoms with E-state index in [2.05, 4.69) is 15.4 Å². The Kier molecular flexibility index (Phi) is 4.67. The standard InChI is InChI=1S/C13H18N4O4S/c1-8(15-13(14)19)12(18)16-10-3-2-4-11(7-10)22(20,21)17-9-5-6-9/h2-4,7-9,17H,5-6H2,1H3,(H,16,18)(H3,14,15,19)/t8-/m0/s1. The Balaban J connectivity index is 2.08. The number of rotatable bonds is 6. The number of hydrogen-bond acceptors (Lipinski definition) is 4. The van der Waals surface area contributed by atoms with E-state index < -0.39 is 28.0 Å². The maximum atomic E-state index is 12.1. The first-order valence-electron chi connectivity index (χ1n) is 6.77. The second-order valence-electron chi connectivity index (χ2n) is 5.14. The van der Waals surface area contributed by atoms with Crippen LogP contribution in [0.5, 0.6) is 0 Å². The van der Waals surface area contributed by atoms with Crippen molar-refractivity contribution in [3.8, 4) is 0 Å². The number of hydrogen-bond donors (Lipinski definition) is 4. The van der Waals surface area contributed by atoms with Crippen molar-refractivity contribution in [2.75, 3.05) is 5.32 Å². The minimum atomic E-state index is -3.59. The van der Waals surface area contributed by atoms with Crippen LogP contribution < -0.4 is 21.1 Å². The fourth-order valence-corrected chi connectivity index (χ4v) is 3.11. The largest absolute Gasteiger partial charge is 0.352 e. The van der Waals surface area contributed by atoms with Crippen LogP contribution in [0.25, 0.3) is 0 Å². The molecule has 8 nitrogen and oxygen atoms in total. The number of urea groups is 1. The first-order valence-corrected chi connectivity index (χ1v) is 8.25. The van der Waals surface area contributed by atoms with Crippen LogP contribution in [-0.4, -0.2) is 32.4 Å². The summed E-state index contributed by atoms with van der Waals surface area (Å²) in [6.07, 6.45) is 1.68. The highest BCUT2D eigenvalue weighted by Gasteiger charge is 2.28. The summed E-state index contributed by atoms with van der Waals surface area (Å²) in [5.74, 6) is -0.497. The lowest BCUT2D eigenvalue weighted by Gasteiger charge is -2.13. The van der Waals surface area contributed by atoms with Crippen LogP contribution >= 0.6 is 0 Å². The zero-order chi connectivity index (χ0) is 16.3. The minimum absolute atomic E-state index is 0.00281. The molecular weight excluding hydrogens is 308 g/mol. The summed E-state index contributed by atoms with van der Waals surface area (Å²) in [7, 11) is -3.59. The summed E-state index contributed by atoms with van der Waals surface area (Å²) in [6, 6.07) is 4.26. The van der Waals surface area contributed by atoms with E-state index in [1.807, 2.05) is 0 Å². The molecule has 1 aliphatic rings. The first kappa shape index (κ1) is 16.2. The van der Waals surface area contributed by atoms with Crippen molar-refractivity contribution in [3.63, 3.8) is 0 Å². The van der Waals surface area contributed by atoms with Crippen molar-refractivity contribution in [2.45, 2.75) is 36.7 Å². The second kappa shape index (κ2) is 6.32. The van der Waals surface area contributed by atoms with Gasteiger partial charge in [-0.05, 0) is 38.0 Å². The molecule has 1 aromatic carbocycles. The van der Waals surface area contributed by atoms with E-state index in [1.165, 1.54) is 25.1 Å². The summed E-state index contributed by atoms with van der Waals surface area (Å²) in [4.78, 5) is 22.6. The lowest BCUT2D eigenvalue weighted by Crippen LogP contribution is -2.44. The smallest absolute Gasteiger partial charge is 0.312 e. The molecule has 0 heterocycles. The van der Waals surface area contributed by atoms with Crippen LogP contribution in [0.1, 0.15) is 19.8 Å². The van der Waals surface area contributed by atoms with E-state index in [0.717, 1.165) is 12.8 Å². The summed E-state index contributed by atoms with van der Waals surface area (Å²) in [6.45, 7) is 1.47. The molecule has 1 aromatic rings. The van der Waals surface area contributed by atoms with Gasteiger partial charge in [-0.2, -0.15) is 0 Å². The van der Waals surface area contributed by atoms with Crippen molar-refractivity contribution in [2.24, 2.45) is 5.73 Å². The van der Waals surface area contributed by atoms with Crippen molar-refractivity contribution in [3.05, 3.63) is 24.3 Å². The quantitative estimate of drug-likeness (QED) is 0.591. The van der Waals surface area contributed by atoms with Gasteiger partial charge < -0.3 is 16.4 Å². The Hall–Kier alpha value is -2.13. The van der Waals surface area contributed by atoms with E-state index in [4.69, 9.17) is 5.73 Å². The minimum Gasteiger partial charge on any atom is -0.352 e. The van der Waals surface area contributed by atoms with E-state index in [9.17, 15) is 18.0 Å². The van der Waals surface area contributed by atoms with Gasteiger partial charge in [0.2, 0.25) is 15.9 Å². The molecule has 1 fully saturated rings. The number of nitrogens with one attached hydrogen (secondary N) is 3. The number of benzene rings is 1. The molecule has 22 heavy (non-hydrogen) atoms. The molecule has 0 spiro atoms. The molecule has 5 N–H and O–H groups in total. The average molecular weight is 326 g/mol. The van der Waals surface area contributed by atoms with Gasteiger partial charge in [-0.25, -0.2) is 17.9 Å². The van der Waals surface area contributed by atoms with E-state index >= 15 is 0 Å². The monoisotopic (exact) mass is 326 g/mol. The Morgan fingerprint density at radius 3 is 2.59 bits per heavy atom. The zero-order valence-corrected chi connectivity index (χ0v) is 12.8. The number of carbonyl (C=O) groups is 2. The van der Waals surface area contributed by atoms with Crippen molar-refractivity contribution < 1.29 is 18.0 Å². The Labute approximate surface area is 128 Å². The van der Waals surface area contributed by atoms with Gasteiger partial charge in [0.1, 0.15) is 6.04 Å². The van der Waals surface area contributed by atoms with Crippen molar-refractivity contribution in [1.29, 1.82) is 0 Å². The molecule has 120 valence electrons. The highest BCUT2D eigenvalue weighted by atomic mass is 32.2. The SMILES string of the molecule is C[C@H](NC(N)=O)C(=O)Nc1cccc(S(=O)(=O)NC2CC2)c1. The number of anilines is 1. The van der Waals surface area contributed by atoms with Gasteiger partial charge in [-0.3, -0.25) is 4.79 Å². The second-order valence-corrected chi connectivity index (χ2v) is 6.86. The molecule has 0 aromatic heterocycles. The van der Waals surface area contributed by atoms with Gasteiger partial charge in [-0.1, -0.05) is 6.07 Å². The number of nitrogens with two attached hydrogens (primary N) is 1. The number of amides is 3. The normalized spacial score (nSPS) is 15.9. The van der Waals surface area contributed by atoms with Crippen LogP contribution in [0.3, 0.4) is 0 Å². The Morgan fingerprint density at radius 1 is 1.32 bits per heavy atom. The third kappa shape index (κ3) is 4.43. The molecule has 1 saturated carbocycles. The molecule has 1 aliphatic carbocycles. The third-order valence-corrected chi connectivity index (χ3v) is 4.58. The maximum absolute atomic E-state index is 12.1. The highest BCUT2D eigenvalue weighted by Crippen LogP contribution is 2.23. The zero-order valence-electron chi connectivity index (χ0n) is 12.0. The average Bonchev–Trinajstić information content (AvgIpc) is 3.21. The molecule has 1 atom stereocenters. The molecule has 9 heteroatoms. The third-order valence-electron chi connectivity index (χ3n) is 3.06. The van der Waals surface area contributed by atoms with E-state index in [0.29, 0.717) is 5.69 Å². The van der Waals surface area contributed by atoms with Crippen LogP contribution in [0.15, 0.2) is 29.2 Å². The van der Waals surface area contributed by atoms with E-state index in [1.54, 1.807) is 6.07 Å². The molecule has 2 rings (SSSR count). The lowest BCUT2D eigenvalue weighted by molar-refractivity contribution is -0.117. The fourth-order valence-electron chi connectivity index (χ4n) is 1.76. The molecule has 0 unspecified atom stereocenters. The summed E-state index contributed by atoms with van der Waals surface area (Å²) in [5, 5.41) is 4.77. The summed E-state index contributed by atoms with van der Waals surface area (Å²) in [5.41, 5.74) is 5.26. The van der Waals surface area contributed by atoms with Gasteiger partial charge in [0, 0.05) is 11.7 Å². The molecular formula is C13H18N4O4S. The van der Waals surface area contributed by atoms with Gasteiger partial charge >= 0.3 is 6.03 Å². The number of carbonyl (C=O) groups excluding carboxylic acids is 2. The van der Waals surface area contributed by atoms with Gasteiger partial charge in [0.15, 0.2) is 0 Å². The van der Waals surface area contributed by atoms with Crippen molar-refractivity contribution in [1.82, 2.24) is 10.0 Å². The fraction of sp³-hybridized carbons (Fsp3) is 0.385. The molecule has 0 bridgehead atoms. The van der Waals surface area contributed by atoms with Crippen LogP contribution in [0, 0.1) is 0 Å². The highest BCUT2D eigenvalue weighted by molar-refractivity contribution is 7.89. The first-order chi connectivity index (χ1) is 10.3. The van der Waals surface area contributed by atoms with Crippen LogP contribution in [0.4, 0.5) is 10.5 Å². The van der Waals surface area contributed by atoms with Crippen molar-refractivity contribution >= 4 is 27.6 Å². The molecule has 0 saturated heterocycles. The molecule has 0 radical (unpaired) electrons. The molecule has 3 amide bonds. The number of primary amides is 1. The van der Waals surface area contributed by atoms with Crippen LogP contribution in [-0.2, 0) is 14.8 Å². The summed E-state index contributed by atoms with van der Waals surface area (Å²) >= 11 is 0. The predicted molar refractivity (Wildman–Crippen MR) is 80.6 cm³/mol. The van der Waals surface area contributed by atoms with Gasteiger partial charge in [0.05, 0.1) is 4.90 Å². The Morgan fingerprint density at radius 2 is 2.00 bits per heavy atom.